The number of aryl methyl sites for hydroxylation is 1. The van der Waals surface area contributed by atoms with E-state index in [1.54, 1.807) is 24.3 Å². The maximum absolute atomic E-state index is 12.3. The zero-order valence-corrected chi connectivity index (χ0v) is 14.5. The van der Waals surface area contributed by atoms with Crippen LogP contribution in [0.4, 0.5) is 5.69 Å². The summed E-state index contributed by atoms with van der Waals surface area (Å²) in [4.78, 5) is 0.857. The van der Waals surface area contributed by atoms with Crippen LogP contribution < -0.4 is 10.5 Å². The average molecular weight is 396 g/mol. The summed E-state index contributed by atoms with van der Waals surface area (Å²) < 4.78 is 28.0. The molecule has 20 heavy (non-hydrogen) atoms. The molecule has 0 amide bonds. The lowest BCUT2D eigenvalue weighted by Crippen LogP contribution is -2.11. The van der Waals surface area contributed by atoms with Gasteiger partial charge in [0.05, 0.1) is 15.2 Å². The van der Waals surface area contributed by atoms with Crippen molar-refractivity contribution in [3.8, 4) is 0 Å². The van der Waals surface area contributed by atoms with Crippen LogP contribution in [0.2, 0.25) is 5.02 Å². The number of hydrogen-bond donors (Lipinski definition) is 2. The van der Waals surface area contributed by atoms with Gasteiger partial charge >= 0.3 is 0 Å². The van der Waals surface area contributed by atoms with E-state index in [-0.39, 0.29) is 4.21 Å². The molecular formula is C12H12BrClN2O2S2. The molecule has 0 saturated heterocycles. The van der Waals surface area contributed by atoms with Gasteiger partial charge < -0.3 is 5.73 Å². The maximum Gasteiger partial charge on any atom is 0.271 e. The molecule has 0 unspecified atom stereocenters. The molecular weight excluding hydrogens is 384 g/mol. The lowest BCUT2D eigenvalue weighted by molar-refractivity contribution is 0.603. The van der Waals surface area contributed by atoms with Crippen molar-refractivity contribution >= 4 is 54.6 Å². The molecule has 0 saturated carbocycles. The summed E-state index contributed by atoms with van der Waals surface area (Å²) in [5, 5.41) is 0.440. The van der Waals surface area contributed by atoms with E-state index in [1.807, 2.05) is 6.92 Å². The molecule has 108 valence electrons. The highest BCUT2D eigenvalue weighted by Gasteiger charge is 2.20. The minimum atomic E-state index is -3.64. The van der Waals surface area contributed by atoms with Crippen LogP contribution in [-0.4, -0.2) is 8.42 Å². The zero-order chi connectivity index (χ0) is 14.9. The molecule has 1 heterocycles. The largest absolute Gasteiger partial charge is 0.326 e. The number of sulfonamides is 1. The number of anilines is 1. The molecule has 2 rings (SSSR count). The topological polar surface area (TPSA) is 72.2 Å². The van der Waals surface area contributed by atoms with Crippen LogP contribution in [0.25, 0.3) is 0 Å². The molecule has 0 aliphatic heterocycles. The van der Waals surface area contributed by atoms with Gasteiger partial charge in [0.25, 0.3) is 10.0 Å². The summed E-state index contributed by atoms with van der Waals surface area (Å²) >= 11 is 10.4. The monoisotopic (exact) mass is 394 g/mol. The summed E-state index contributed by atoms with van der Waals surface area (Å²) in [6.07, 6.45) is 0. The van der Waals surface area contributed by atoms with Crippen LogP contribution in [0.15, 0.2) is 32.9 Å². The molecule has 0 aliphatic carbocycles. The molecule has 1 aromatic carbocycles. The number of rotatable bonds is 4. The molecule has 1 aromatic heterocycles. The minimum absolute atomic E-state index is 0.238. The number of halogens is 2. The van der Waals surface area contributed by atoms with E-state index in [1.165, 1.54) is 11.3 Å². The minimum Gasteiger partial charge on any atom is -0.326 e. The summed E-state index contributed by atoms with van der Waals surface area (Å²) in [7, 11) is -3.64. The van der Waals surface area contributed by atoms with E-state index in [2.05, 4.69) is 20.7 Å². The van der Waals surface area contributed by atoms with Crippen LogP contribution >= 0.6 is 38.9 Å². The fourth-order valence-corrected chi connectivity index (χ4v) is 4.81. The first-order chi connectivity index (χ1) is 9.35. The Morgan fingerprint density at radius 2 is 2.15 bits per heavy atom. The second-order valence-electron chi connectivity index (χ2n) is 4.08. The smallest absolute Gasteiger partial charge is 0.271 e. The molecule has 0 radical (unpaired) electrons. The number of hydrogen-bond acceptors (Lipinski definition) is 4. The highest BCUT2D eigenvalue weighted by molar-refractivity contribution is 9.10. The Balaban J connectivity index is 2.38. The normalized spacial score (nSPS) is 11.6. The predicted molar refractivity (Wildman–Crippen MR) is 86.9 cm³/mol. The van der Waals surface area contributed by atoms with Crippen molar-refractivity contribution in [2.24, 2.45) is 5.73 Å². The van der Waals surface area contributed by atoms with Crippen molar-refractivity contribution in [2.45, 2.75) is 17.7 Å². The van der Waals surface area contributed by atoms with Gasteiger partial charge in [0.2, 0.25) is 0 Å². The van der Waals surface area contributed by atoms with Gasteiger partial charge in [-0.2, -0.15) is 0 Å². The van der Waals surface area contributed by atoms with Crippen LogP contribution in [0.3, 0.4) is 0 Å². The number of nitrogens with two attached hydrogens (primary N) is 1. The lowest BCUT2D eigenvalue weighted by atomic mass is 10.3. The zero-order valence-electron chi connectivity index (χ0n) is 10.5. The van der Waals surface area contributed by atoms with Crippen molar-refractivity contribution in [1.82, 2.24) is 0 Å². The summed E-state index contributed by atoms with van der Waals surface area (Å²) in [5.74, 6) is 0. The first kappa shape index (κ1) is 15.8. The number of benzene rings is 1. The molecule has 0 fully saturated rings. The fourth-order valence-electron chi connectivity index (χ4n) is 1.60. The van der Waals surface area contributed by atoms with Gasteiger partial charge in [-0.3, -0.25) is 4.72 Å². The van der Waals surface area contributed by atoms with Gasteiger partial charge in [-0.05, 0) is 46.6 Å². The van der Waals surface area contributed by atoms with E-state index in [0.29, 0.717) is 21.7 Å². The fraction of sp³-hybridized carbons (Fsp3) is 0.167. The Bertz CT molecular complexity index is 744. The van der Waals surface area contributed by atoms with Gasteiger partial charge in [-0.15, -0.1) is 11.3 Å². The first-order valence-electron chi connectivity index (χ1n) is 5.61. The SMILES string of the molecule is Cc1cc(S(=O)(=O)Nc2cccc(Cl)c2Br)sc1CN. The third-order valence-corrected chi connectivity index (χ3v) is 7.14. The third-order valence-electron chi connectivity index (χ3n) is 2.64. The molecule has 0 aliphatic rings. The van der Waals surface area contributed by atoms with E-state index in [9.17, 15) is 8.42 Å². The van der Waals surface area contributed by atoms with Crippen molar-refractivity contribution in [1.29, 1.82) is 0 Å². The maximum atomic E-state index is 12.3. The van der Waals surface area contributed by atoms with Crippen molar-refractivity contribution in [3.63, 3.8) is 0 Å². The summed E-state index contributed by atoms with van der Waals surface area (Å²) in [5.41, 5.74) is 6.85. The van der Waals surface area contributed by atoms with Gasteiger partial charge in [-0.25, -0.2) is 8.42 Å². The highest BCUT2D eigenvalue weighted by atomic mass is 79.9. The van der Waals surface area contributed by atoms with Gasteiger partial charge in [0.1, 0.15) is 4.21 Å². The molecule has 0 bridgehead atoms. The standard InChI is InChI=1S/C12H12BrClN2O2S2/c1-7-5-11(19-10(7)6-15)20(17,18)16-9-4-2-3-8(14)12(9)13/h2-5,16H,6,15H2,1H3. The number of nitrogens with one attached hydrogen (secondary N) is 1. The molecule has 0 atom stereocenters. The first-order valence-corrected chi connectivity index (χ1v) is 9.08. The molecule has 3 N–H and O–H groups in total. The molecule has 2 aromatic rings. The molecule has 8 heteroatoms. The molecule has 0 spiro atoms. The van der Waals surface area contributed by atoms with Gasteiger partial charge in [0, 0.05) is 11.4 Å². The quantitative estimate of drug-likeness (QED) is 0.828. The van der Waals surface area contributed by atoms with E-state index in [0.717, 1.165) is 10.4 Å². The number of thiophene rings is 1. The Morgan fingerprint density at radius 3 is 2.75 bits per heavy atom. The van der Waals surface area contributed by atoms with Crippen LogP contribution in [-0.2, 0) is 16.6 Å². The Morgan fingerprint density at radius 1 is 1.45 bits per heavy atom. The average Bonchev–Trinajstić information content (AvgIpc) is 2.77. The van der Waals surface area contributed by atoms with Crippen molar-refractivity contribution in [2.75, 3.05) is 4.72 Å². The Hall–Kier alpha value is -0.600. The Labute approximate surface area is 135 Å². The van der Waals surface area contributed by atoms with E-state index in [4.69, 9.17) is 17.3 Å². The van der Waals surface area contributed by atoms with E-state index >= 15 is 0 Å². The van der Waals surface area contributed by atoms with Gasteiger partial charge in [-0.1, -0.05) is 17.7 Å². The second kappa shape index (κ2) is 6.03. The second-order valence-corrected chi connectivity index (χ2v) is 8.33. The van der Waals surface area contributed by atoms with Crippen LogP contribution in [0, 0.1) is 6.92 Å². The van der Waals surface area contributed by atoms with E-state index < -0.39 is 10.0 Å². The summed E-state index contributed by atoms with van der Waals surface area (Å²) in [6, 6.07) is 6.60. The summed E-state index contributed by atoms with van der Waals surface area (Å²) in [6.45, 7) is 2.17. The van der Waals surface area contributed by atoms with Crippen LogP contribution in [0.1, 0.15) is 10.4 Å². The van der Waals surface area contributed by atoms with Crippen molar-refractivity contribution < 1.29 is 8.42 Å². The van der Waals surface area contributed by atoms with Gasteiger partial charge in [0.15, 0.2) is 0 Å². The third kappa shape index (κ3) is 3.17. The molecule has 4 nitrogen and oxygen atoms in total. The predicted octanol–water partition coefficient (Wildman–Crippen LogP) is 3.73. The Kier molecular flexibility index (Phi) is 4.76. The lowest BCUT2D eigenvalue weighted by Gasteiger charge is -2.09. The highest BCUT2D eigenvalue weighted by Crippen LogP contribution is 2.33. The van der Waals surface area contributed by atoms with Crippen LogP contribution in [0.5, 0.6) is 0 Å². The van der Waals surface area contributed by atoms with Crippen molar-refractivity contribution in [3.05, 3.63) is 44.2 Å².